The first-order chi connectivity index (χ1) is 10.8. The Morgan fingerprint density at radius 3 is 2.48 bits per heavy atom. The van der Waals surface area contributed by atoms with Gasteiger partial charge in [0.2, 0.25) is 5.91 Å². The summed E-state index contributed by atoms with van der Waals surface area (Å²) in [4.78, 5) is 16.5. The van der Waals surface area contributed by atoms with E-state index in [9.17, 15) is 13.2 Å². The van der Waals surface area contributed by atoms with Crippen LogP contribution in [-0.4, -0.2) is 25.6 Å². The van der Waals surface area contributed by atoms with Crippen LogP contribution >= 0.6 is 0 Å². The lowest BCUT2D eigenvalue weighted by molar-refractivity contribution is -0.118. The summed E-state index contributed by atoms with van der Waals surface area (Å²) in [5.41, 5.74) is 2.18. The van der Waals surface area contributed by atoms with Crippen molar-refractivity contribution in [1.82, 2.24) is 4.98 Å². The Balaban J connectivity index is 1.79. The predicted octanol–water partition coefficient (Wildman–Crippen LogP) is 2.46. The SMILES string of the molecule is Cc1cccc(C2(C(=O)Nc3ccc(S(C)(=O)=O)nc3)CC2)c1. The number of hydrogen-bond donors (Lipinski definition) is 1. The maximum absolute atomic E-state index is 12.6. The molecule has 2 aromatic rings. The molecule has 1 fully saturated rings. The van der Waals surface area contributed by atoms with Gasteiger partial charge in [0.1, 0.15) is 0 Å². The third-order valence-corrected chi connectivity index (χ3v) is 5.13. The van der Waals surface area contributed by atoms with Gasteiger partial charge in [-0.15, -0.1) is 0 Å². The molecule has 5 nitrogen and oxygen atoms in total. The smallest absolute Gasteiger partial charge is 0.235 e. The topological polar surface area (TPSA) is 76.1 Å². The number of anilines is 1. The Labute approximate surface area is 135 Å². The van der Waals surface area contributed by atoms with Crippen LogP contribution in [0.15, 0.2) is 47.6 Å². The van der Waals surface area contributed by atoms with Crippen LogP contribution < -0.4 is 5.32 Å². The molecule has 0 bridgehead atoms. The summed E-state index contributed by atoms with van der Waals surface area (Å²) in [6.07, 6.45) is 4.11. The fourth-order valence-electron chi connectivity index (χ4n) is 2.64. The van der Waals surface area contributed by atoms with Gasteiger partial charge >= 0.3 is 0 Å². The second-order valence-corrected chi connectivity index (χ2v) is 8.03. The first-order valence-electron chi connectivity index (χ1n) is 7.36. The number of carbonyl (C=O) groups is 1. The molecule has 3 rings (SSSR count). The molecule has 0 aliphatic heterocycles. The minimum absolute atomic E-state index is 0.00433. The zero-order valence-corrected chi connectivity index (χ0v) is 13.9. The third kappa shape index (κ3) is 3.12. The van der Waals surface area contributed by atoms with Crippen molar-refractivity contribution in [3.8, 4) is 0 Å². The van der Waals surface area contributed by atoms with Crippen LogP contribution in [0.1, 0.15) is 24.0 Å². The van der Waals surface area contributed by atoms with E-state index in [1.807, 2.05) is 31.2 Å². The molecular weight excluding hydrogens is 312 g/mol. The van der Waals surface area contributed by atoms with E-state index in [2.05, 4.69) is 10.3 Å². The van der Waals surface area contributed by atoms with E-state index in [1.54, 1.807) is 6.07 Å². The van der Waals surface area contributed by atoms with Crippen molar-refractivity contribution in [2.45, 2.75) is 30.2 Å². The van der Waals surface area contributed by atoms with Gasteiger partial charge in [-0.25, -0.2) is 13.4 Å². The molecule has 23 heavy (non-hydrogen) atoms. The molecule has 6 heteroatoms. The van der Waals surface area contributed by atoms with Crippen molar-refractivity contribution in [1.29, 1.82) is 0 Å². The number of nitrogens with zero attached hydrogens (tertiary/aromatic N) is 1. The Bertz CT molecular complexity index is 854. The van der Waals surface area contributed by atoms with Gasteiger partial charge in [-0.3, -0.25) is 4.79 Å². The van der Waals surface area contributed by atoms with Crippen LogP contribution in [0.5, 0.6) is 0 Å². The van der Waals surface area contributed by atoms with Crippen LogP contribution in [0.2, 0.25) is 0 Å². The summed E-state index contributed by atoms with van der Waals surface area (Å²) >= 11 is 0. The highest BCUT2D eigenvalue weighted by Crippen LogP contribution is 2.49. The third-order valence-electron chi connectivity index (χ3n) is 4.13. The molecular formula is C17H18N2O3S. The van der Waals surface area contributed by atoms with E-state index in [0.29, 0.717) is 5.69 Å². The monoisotopic (exact) mass is 330 g/mol. The Kier molecular flexibility index (Phi) is 3.72. The molecule has 0 unspecified atom stereocenters. The Hall–Kier alpha value is -2.21. The van der Waals surface area contributed by atoms with Crippen LogP contribution in [0.25, 0.3) is 0 Å². The summed E-state index contributed by atoms with van der Waals surface area (Å²) in [6.45, 7) is 2.01. The van der Waals surface area contributed by atoms with Crippen molar-refractivity contribution in [2.75, 3.05) is 11.6 Å². The van der Waals surface area contributed by atoms with Gasteiger partial charge < -0.3 is 5.32 Å². The average molecular weight is 330 g/mol. The molecule has 1 amide bonds. The second kappa shape index (κ2) is 5.45. The lowest BCUT2D eigenvalue weighted by Crippen LogP contribution is -2.28. The number of sulfone groups is 1. The fraction of sp³-hybridized carbons (Fsp3) is 0.294. The number of pyridine rings is 1. The van der Waals surface area contributed by atoms with Gasteiger partial charge in [-0.05, 0) is 37.5 Å². The summed E-state index contributed by atoms with van der Waals surface area (Å²) < 4.78 is 22.8. The van der Waals surface area contributed by atoms with Crippen molar-refractivity contribution < 1.29 is 13.2 Å². The van der Waals surface area contributed by atoms with Crippen molar-refractivity contribution in [2.24, 2.45) is 0 Å². The Morgan fingerprint density at radius 2 is 1.96 bits per heavy atom. The quantitative estimate of drug-likeness (QED) is 0.934. The van der Waals surface area contributed by atoms with E-state index >= 15 is 0 Å². The number of amides is 1. The fourth-order valence-corrected chi connectivity index (χ4v) is 3.20. The second-order valence-electron chi connectivity index (χ2n) is 6.06. The van der Waals surface area contributed by atoms with Gasteiger partial charge in [-0.2, -0.15) is 0 Å². The van der Waals surface area contributed by atoms with Crippen LogP contribution in [0, 0.1) is 6.92 Å². The highest BCUT2D eigenvalue weighted by atomic mass is 32.2. The number of rotatable bonds is 4. The zero-order chi connectivity index (χ0) is 16.7. The molecule has 1 aliphatic rings. The van der Waals surface area contributed by atoms with Gasteiger partial charge in [-0.1, -0.05) is 29.8 Å². The van der Waals surface area contributed by atoms with E-state index in [0.717, 1.165) is 30.2 Å². The molecule has 0 saturated heterocycles. The predicted molar refractivity (Wildman–Crippen MR) is 88.1 cm³/mol. The van der Waals surface area contributed by atoms with E-state index in [-0.39, 0.29) is 10.9 Å². The van der Waals surface area contributed by atoms with Gasteiger partial charge in [0.25, 0.3) is 0 Å². The number of nitrogens with one attached hydrogen (secondary N) is 1. The van der Waals surface area contributed by atoms with Crippen LogP contribution in [-0.2, 0) is 20.0 Å². The average Bonchev–Trinajstić information content (AvgIpc) is 3.28. The maximum atomic E-state index is 12.6. The molecule has 120 valence electrons. The first-order valence-corrected chi connectivity index (χ1v) is 9.25. The number of aromatic nitrogens is 1. The number of aryl methyl sites for hydroxylation is 1. The van der Waals surface area contributed by atoms with E-state index < -0.39 is 15.3 Å². The van der Waals surface area contributed by atoms with Crippen LogP contribution in [0.3, 0.4) is 0 Å². The molecule has 1 aliphatic carbocycles. The first kappa shape index (κ1) is 15.7. The van der Waals surface area contributed by atoms with Gasteiger partial charge in [0.15, 0.2) is 14.9 Å². The summed E-state index contributed by atoms with van der Waals surface area (Å²) in [7, 11) is -3.34. The lowest BCUT2D eigenvalue weighted by Gasteiger charge is -2.16. The van der Waals surface area contributed by atoms with Crippen molar-refractivity contribution in [3.05, 3.63) is 53.7 Å². The van der Waals surface area contributed by atoms with Crippen LogP contribution in [0.4, 0.5) is 5.69 Å². The molecule has 1 heterocycles. The van der Waals surface area contributed by atoms with Crippen molar-refractivity contribution >= 4 is 21.4 Å². The largest absolute Gasteiger partial charge is 0.324 e. The standard InChI is InChI=1S/C17H18N2O3S/c1-12-4-3-5-13(10-12)17(8-9-17)16(20)19-14-6-7-15(18-11-14)23(2,21)22/h3-7,10-11H,8-9H2,1-2H3,(H,19,20). The molecule has 1 aromatic heterocycles. The Morgan fingerprint density at radius 1 is 1.22 bits per heavy atom. The molecule has 1 aromatic carbocycles. The van der Waals surface area contributed by atoms with E-state index in [1.165, 1.54) is 12.3 Å². The molecule has 1 saturated carbocycles. The van der Waals surface area contributed by atoms with E-state index in [4.69, 9.17) is 0 Å². The molecule has 0 spiro atoms. The normalized spacial score (nSPS) is 15.9. The highest BCUT2D eigenvalue weighted by molar-refractivity contribution is 7.90. The zero-order valence-electron chi connectivity index (χ0n) is 13.0. The van der Waals surface area contributed by atoms with Crippen molar-refractivity contribution in [3.63, 3.8) is 0 Å². The number of benzene rings is 1. The van der Waals surface area contributed by atoms with Gasteiger partial charge in [0.05, 0.1) is 17.3 Å². The summed E-state index contributed by atoms with van der Waals surface area (Å²) in [5.74, 6) is -0.0722. The maximum Gasteiger partial charge on any atom is 0.235 e. The number of carbonyl (C=O) groups excluding carboxylic acids is 1. The molecule has 0 atom stereocenters. The highest BCUT2D eigenvalue weighted by Gasteiger charge is 2.51. The minimum atomic E-state index is -3.34. The minimum Gasteiger partial charge on any atom is -0.324 e. The summed E-state index contributed by atoms with van der Waals surface area (Å²) in [6, 6.07) is 10.9. The summed E-state index contributed by atoms with van der Waals surface area (Å²) in [5, 5.41) is 2.84. The van der Waals surface area contributed by atoms with Gasteiger partial charge in [0, 0.05) is 6.26 Å². The molecule has 0 radical (unpaired) electrons. The number of hydrogen-bond acceptors (Lipinski definition) is 4. The molecule has 1 N–H and O–H groups in total. The lowest BCUT2D eigenvalue weighted by atomic mass is 9.93.